The highest BCUT2D eigenvalue weighted by Gasteiger charge is 2.27. The zero-order chi connectivity index (χ0) is 18.8. The Bertz CT molecular complexity index is 947. The second kappa shape index (κ2) is 7.52. The monoisotopic (exact) mass is 383 g/mol. The van der Waals surface area contributed by atoms with Crippen molar-refractivity contribution in [2.75, 3.05) is 24.6 Å². The van der Waals surface area contributed by atoms with E-state index in [0.717, 1.165) is 32.9 Å². The quantitative estimate of drug-likeness (QED) is 0.716. The summed E-state index contributed by atoms with van der Waals surface area (Å²) in [5.74, 6) is 0.793. The van der Waals surface area contributed by atoms with Crippen LogP contribution in [0.3, 0.4) is 0 Å². The van der Waals surface area contributed by atoms with E-state index >= 15 is 0 Å². The molecule has 0 amide bonds. The zero-order valence-electron chi connectivity index (χ0n) is 15.1. The summed E-state index contributed by atoms with van der Waals surface area (Å²) in [7, 11) is 0. The van der Waals surface area contributed by atoms with Crippen LogP contribution in [0.15, 0.2) is 36.0 Å². The van der Waals surface area contributed by atoms with Crippen LogP contribution in [-0.4, -0.2) is 40.7 Å². The third-order valence-electron chi connectivity index (χ3n) is 4.97. The number of piperidine rings is 1. The van der Waals surface area contributed by atoms with Gasteiger partial charge >= 0.3 is 5.97 Å². The lowest BCUT2D eigenvalue weighted by molar-refractivity contribution is -0.142. The molecule has 1 fully saturated rings. The van der Waals surface area contributed by atoms with Crippen molar-refractivity contribution >= 4 is 33.3 Å². The molecule has 1 N–H and O–H groups in total. The summed E-state index contributed by atoms with van der Waals surface area (Å²) in [4.78, 5) is 23.4. The third kappa shape index (κ3) is 3.47. The van der Waals surface area contributed by atoms with Crippen molar-refractivity contribution in [3.63, 3.8) is 0 Å². The number of benzene rings is 1. The number of rotatable bonds is 5. The first-order valence-electron chi connectivity index (χ1n) is 9.10. The number of carboxylic acids is 1. The van der Waals surface area contributed by atoms with Gasteiger partial charge in [-0.2, -0.15) is 0 Å². The van der Waals surface area contributed by atoms with Gasteiger partial charge in [0.2, 0.25) is 0 Å². The Balaban J connectivity index is 1.69. The number of hydrogen-bond acceptors (Lipinski definition) is 6. The molecule has 0 radical (unpaired) electrons. The lowest BCUT2D eigenvalue weighted by Gasteiger charge is -2.31. The van der Waals surface area contributed by atoms with Crippen LogP contribution in [0.1, 0.15) is 19.8 Å². The lowest BCUT2D eigenvalue weighted by atomic mass is 9.96. The molecular formula is C20H21N3O3S. The molecular weight excluding hydrogens is 362 g/mol. The molecule has 0 spiro atoms. The molecule has 1 aliphatic heterocycles. The van der Waals surface area contributed by atoms with Gasteiger partial charge in [0.25, 0.3) is 0 Å². The van der Waals surface area contributed by atoms with E-state index in [-0.39, 0.29) is 5.92 Å². The van der Waals surface area contributed by atoms with E-state index in [1.165, 1.54) is 0 Å². The molecule has 140 valence electrons. The number of ether oxygens (including phenoxy) is 1. The predicted octanol–water partition coefficient (Wildman–Crippen LogP) is 4.06. The molecule has 27 heavy (non-hydrogen) atoms. The number of carbonyl (C=O) groups is 1. The Morgan fingerprint density at radius 1 is 1.26 bits per heavy atom. The zero-order valence-corrected chi connectivity index (χ0v) is 15.9. The first kappa shape index (κ1) is 17.7. The Morgan fingerprint density at radius 3 is 2.67 bits per heavy atom. The van der Waals surface area contributed by atoms with Gasteiger partial charge in [0.1, 0.15) is 22.7 Å². The van der Waals surface area contributed by atoms with Gasteiger partial charge in [-0.1, -0.05) is 12.1 Å². The van der Waals surface area contributed by atoms with Crippen LogP contribution in [0.2, 0.25) is 0 Å². The average molecular weight is 383 g/mol. The van der Waals surface area contributed by atoms with Crippen LogP contribution < -0.4 is 9.64 Å². The molecule has 0 atom stereocenters. The molecule has 0 saturated carbocycles. The first-order chi connectivity index (χ1) is 13.2. The summed E-state index contributed by atoms with van der Waals surface area (Å²) in [6, 6.07) is 8.06. The Hall–Kier alpha value is -2.67. The summed E-state index contributed by atoms with van der Waals surface area (Å²) in [6.45, 7) is 4.01. The average Bonchev–Trinajstić information content (AvgIpc) is 3.13. The van der Waals surface area contributed by atoms with Crippen LogP contribution >= 0.6 is 11.3 Å². The molecule has 0 unspecified atom stereocenters. The number of anilines is 1. The van der Waals surface area contributed by atoms with E-state index < -0.39 is 5.97 Å². The summed E-state index contributed by atoms with van der Waals surface area (Å²) in [5.41, 5.74) is 2.20. The molecule has 2 aromatic heterocycles. The maximum absolute atomic E-state index is 11.2. The molecule has 1 saturated heterocycles. The lowest BCUT2D eigenvalue weighted by Crippen LogP contribution is -2.36. The molecule has 1 aromatic carbocycles. The number of fused-ring (bicyclic) bond motifs is 1. The van der Waals surface area contributed by atoms with E-state index in [9.17, 15) is 9.90 Å². The van der Waals surface area contributed by atoms with Crippen molar-refractivity contribution in [1.82, 2.24) is 9.97 Å². The van der Waals surface area contributed by atoms with E-state index in [1.807, 2.05) is 19.1 Å². The number of carboxylic acid groups (broad SMARTS) is 1. The van der Waals surface area contributed by atoms with E-state index in [1.54, 1.807) is 17.7 Å². The highest BCUT2D eigenvalue weighted by atomic mass is 32.1. The molecule has 3 heterocycles. The van der Waals surface area contributed by atoms with Gasteiger partial charge in [0.05, 0.1) is 17.9 Å². The molecule has 7 heteroatoms. The molecule has 0 bridgehead atoms. The maximum Gasteiger partial charge on any atom is 0.306 e. The highest BCUT2D eigenvalue weighted by Crippen LogP contribution is 2.39. The minimum absolute atomic E-state index is 0.258. The summed E-state index contributed by atoms with van der Waals surface area (Å²) >= 11 is 1.60. The number of thiophene rings is 1. The normalized spacial score (nSPS) is 15.2. The van der Waals surface area contributed by atoms with Crippen LogP contribution in [0.5, 0.6) is 5.75 Å². The van der Waals surface area contributed by atoms with E-state index in [0.29, 0.717) is 32.5 Å². The topological polar surface area (TPSA) is 75.6 Å². The fourth-order valence-corrected chi connectivity index (χ4v) is 4.46. The van der Waals surface area contributed by atoms with Gasteiger partial charge in [-0.05, 0) is 37.5 Å². The Labute approximate surface area is 161 Å². The van der Waals surface area contributed by atoms with Gasteiger partial charge < -0.3 is 14.7 Å². The Kier molecular flexibility index (Phi) is 4.94. The van der Waals surface area contributed by atoms with E-state index in [2.05, 4.69) is 32.4 Å². The standard InChI is InChI=1S/C20H21N3O3S/c1-2-26-15-5-3-13(4-6-15)16-11-27-19-17(16)18(21-12-22-19)23-9-7-14(8-10-23)20(24)25/h3-6,11-12,14H,2,7-10H2,1H3,(H,24,25). The largest absolute Gasteiger partial charge is 0.494 e. The summed E-state index contributed by atoms with van der Waals surface area (Å²) in [5, 5.41) is 12.4. The van der Waals surface area contributed by atoms with Crippen LogP contribution in [0.25, 0.3) is 21.3 Å². The van der Waals surface area contributed by atoms with Gasteiger partial charge in [-0.15, -0.1) is 11.3 Å². The van der Waals surface area contributed by atoms with Gasteiger partial charge in [-0.25, -0.2) is 9.97 Å². The Morgan fingerprint density at radius 2 is 2.00 bits per heavy atom. The first-order valence-corrected chi connectivity index (χ1v) is 9.98. The predicted molar refractivity (Wildman–Crippen MR) is 107 cm³/mol. The number of aromatic nitrogens is 2. The molecule has 3 aromatic rings. The second-order valence-corrected chi connectivity index (χ2v) is 7.44. The van der Waals surface area contributed by atoms with Crippen molar-refractivity contribution in [3.8, 4) is 16.9 Å². The summed E-state index contributed by atoms with van der Waals surface area (Å²) in [6.07, 6.45) is 2.88. The minimum Gasteiger partial charge on any atom is -0.494 e. The molecule has 4 rings (SSSR count). The van der Waals surface area contributed by atoms with Crippen LogP contribution in [0, 0.1) is 5.92 Å². The molecule has 0 aliphatic carbocycles. The highest BCUT2D eigenvalue weighted by molar-refractivity contribution is 7.17. The van der Waals surface area contributed by atoms with Crippen molar-refractivity contribution in [2.45, 2.75) is 19.8 Å². The van der Waals surface area contributed by atoms with E-state index in [4.69, 9.17) is 4.74 Å². The van der Waals surface area contributed by atoms with Crippen molar-refractivity contribution in [2.24, 2.45) is 5.92 Å². The fourth-order valence-electron chi connectivity index (χ4n) is 3.55. The van der Waals surface area contributed by atoms with Gasteiger partial charge in [0, 0.05) is 24.0 Å². The number of aliphatic carboxylic acids is 1. The molecule has 1 aliphatic rings. The fraction of sp³-hybridized carbons (Fsp3) is 0.350. The van der Waals surface area contributed by atoms with Crippen molar-refractivity contribution in [1.29, 1.82) is 0 Å². The number of nitrogens with zero attached hydrogens (tertiary/aromatic N) is 3. The summed E-state index contributed by atoms with van der Waals surface area (Å²) < 4.78 is 5.54. The SMILES string of the molecule is CCOc1ccc(-c2csc3ncnc(N4CCC(C(=O)O)CC4)c23)cc1. The minimum atomic E-state index is -0.701. The van der Waals surface area contributed by atoms with Gasteiger partial charge in [0.15, 0.2) is 0 Å². The van der Waals surface area contributed by atoms with Crippen LogP contribution in [-0.2, 0) is 4.79 Å². The smallest absolute Gasteiger partial charge is 0.306 e. The molecule has 6 nitrogen and oxygen atoms in total. The second-order valence-electron chi connectivity index (χ2n) is 6.58. The number of hydrogen-bond donors (Lipinski definition) is 1. The van der Waals surface area contributed by atoms with Crippen molar-refractivity contribution in [3.05, 3.63) is 36.0 Å². The van der Waals surface area contributed by atoms with Crippen LogP contribution in [0.4, 0.5) is 5.82 Å². The van der Waals surface area contributed by atoms with Crippen molar-refractivity contribution < 1.29 is 14.6 Å². The third-order valence-corrected chi connectivity index (χ3v) is 5.86. The van der Waals surface area contributed by atoms with Gasteiger partial charge in [-0.3, -0.25) is 4.79 Å². The maximum atomic E-state index is 11.2.